The molecule has 13 heavy (non-hydrogen) atoms. The highest BCUT2D eigenvalue weighted by atomic mass is 32.1. The van der Waals surface area contributed by atoms with Gasteiger partial charge in [-0.3, -0.25) is 5.41 Å². The van der Waals surface area contributed by atoms with Gasteiger partial charge < -0.3 is 10.6 Å². The van der Waals surface area contributed by atoms with E-state index < -0.39 is 0 Å². The lowest BCUT2D eigenvalue weighted by Crippen LogP contribution is -2.31. The topological polar surface area (TPSA) is 47.9 Å². The third kappa shape index (κ3) is 3.91. The van der Waals surface area contributed by atoms with Crippen LogP contribution in [-0.4, -0.2) is 10.3 Å². The Balaban J connectivity index is 2.50. The molecule has 68 valence electrons. The molecule has 0 amide bonds. The molecule has 0 aliphatic heterocycles. The van der Waals surface area contributed by atoms with Gasteiger partial charge in [-0.1, -0.05) is 30.4 Å². The van der Waals surface area contributed by atoms with Gasteiger partial charge in [-0.15, -0.1) is 12.6 Å². The molecule has 3 N–H and O–H groups in total. The van der Waals surface area contributed by atoms with Gasteiger partial charge in [0.2, 0.25) is 0 Å². The summed E-state index contributed by atoms with van der Waals surface area (Å²) in [4.78, 5) is 0. The van der Waals surface area contributed by atoms with Crippen LogP contribution in [0.5, 0.6) is 0 Å². The number of benzene rings is 1. The minimum atomic E-state index is 0.117. The molecule has 0 aromatic heterocycles. The van der Waals surface area contributed by atoms with E-state index in [9.17, 15) is 0 Å². The van der Waals surface area contributed by atoms with Crippen molar-refractivity contribution < 1.29 is 0 Å². The van der Waals surface area contributed by atoms with Crippen molar-refractivity contribution in [1.82, 2.24) is 5.32 Å². The SMILES string of the molecule is N=C(NC(=S)S)Nc1ccccc1. The Kier molecular flexibility index (Phi) is 3.72. The quantitative estimate of drug-likeness (QED) is 0.248. The zero-order valence-electron chi connectivity index (χ0n) is 6.74. The van der Waals surface area contributed by atoms with E-state index >= 15 is 0 Å². The van der Waals surface area contributed by atoms with Gasteiger partial charge in [0.1, 0.15) is 4.32 Å². The lowest BCUT2D eigenvalue weighted by Gasteiger charge is -2.07. The Morgan fingerprint density at radius 3 is 2.46 bits per heavy atom. The molecule has 0 radical (unpaired) electrons. The number of hydrogen-bond acceptors (Lipinski definition) is 2. The lowest BCUT2D eigenvalue weighted by atomic mass is 10.3. The molecule has 0 spiro atoms. The molecule has 1 aromatic rings. The fraction of sp³-hybridized carbons (Fsp3) is 0. The molecule has 5 heteroatoms. The van der Waals surface area contributed by atoms with Crippen LogP contribution >= 0.6 is 24.8 Å². The Bertz CT molecular complexity index is 310. The van der Waals surface area contributed by atoms with Gasteiger partial charge in [0, 0.05) is 5.69 Å². The van der Waals surface area contributed by atoms with Gasteiger partial charge in [0.25, 0.3) is 0 Å². The first-order valence-electron chi connectivity index (χ1n) is 3.59. The summed E-state index contributed by atoms with van der Waals surface area (Å²) >= 11 is 8.50. The van der Waals surface area contributed by atoms with E-state index in [-0.39, 0.29) is 10.3 Å². The van der Waals surface area contributed by atoms with Crippen LogP contribution in [0.1, 0.15) is 0 Å². The van der Waals surface area contributed by atoms with Crippen molar-refractivity contribution in [2.45, 2.75) is 0 Å². The van der Waals surface area contributed by atoms with Crippen LogP contribution in [0, 0.1) is 5.41 Å². The van der Waals surface area contributed by atoms with Crippen LogP contribution < -0.4 is 10.6 Å². The van der Waals surface area contributed by atoms with Crippen LogP contribution in [0.3, 0.4) is 0 Å². The smallest absolute Gasteiger partial charge is 0.198 e. The van der Waals surface area contributed by atoms with E-state index in [0.29, 0.717) is 0 Å². The largest absolute Gasteiger partial charge is 0.326 e. The molecule has 0 saturated heterocycles. The van der Waals surface area contributed by atoms with Crippen LogP contribution in [0.25, 0.3) is 0 Å². The predicted molar refractivity (Wildman–Crippen MR) is 62.5 cm³/mol. The zero-order valence-corrected chi connectivity index (χ0v) is 8.45. The number of rotatable bonds is 1. The van der Waals surface area contributed by atoms with E-state index in [1.54, 1.807) is 0 Å². The van der Waals surface area contributed by atoms with Crippen molar-refractivity contribution in [3.05, 3.63) is 30.3 Å². The maximum absolute atomic E-state index is 7.40. The van der Waals surface area contributed by atoms with Gasteiger partial charge >= 0.3 is 0 Å². The summed E-state index contributed by atoms with van der Waals surface area (Å²) in [6.45, 7) is 0. The summed E-state index contributed by atoms with van der Waals surface area (Å²) < 4.78 is 0.272. The molecular weight excluding hydrogens is 202 g/mol. The van der Waals surface area contributed by atoms with Gasteiger partial charge in [-0.2, -0.15) is 0 Å². The number of thiol groups is 1. The maximum atomic E-state index is 7.40. The van der Waals surface area contributed by atoms with E-state index in [0.717, 1.165) is 5.69 Å². The molecular formula is C8H9N3S2. The number of para-hydroxylation sites is 1. The molecule has 3 nitrogen and oxygen atoms in total. The summed E-state index contributed by atoms with van der Waals surface area (Å²) in [6, 6.07) is 9.39. The fourth-order valence-electron chi connectivity index (χ4n) is 0.804. The van der Waals surface area contributed by atoms with Gasteiger partial charge in [0.05, 0.1) is 0 Å². The third-order valence-corrected chi connectivity index (χ3v) is 1.49. The fourth-order valence-corrected chi connectivity index (χ4v) is 1.02. The molecule has 0 unspecified atom stereocenters. The molecule has 1 rings (SSSR count). The molecule has 0 bridgehead atoms. The second-order valence-electron chi connectivity index (χ2n) is 2.30. The second kappa shape index (κ2) is 4.84. The normalized spacial score (nSPS) is 9.00. The first kappa shape index (κ1) is 10.0. The first-order chi connectivity index (χ1) is 6.18. The summed E-state index contributed by atoms with van der Waals surface area (Å²) in [7, 11) is 0. The van der Waals surface area contributed by atoms with E-state index in [1.807, 2.05) is 30.3 Å². The summed E-state index contributed by atoms with van der Waals surface area (Å²) in [5.41, 5.74) is 0.838. The highest BCUT2D eigenvalue weighted by molar-refractivity contribution is 8.11. The number of nitrogens with one attached hydrogen (secondary N) is 3. The standard InChI is InChI=1S/C8H9N3S2/c9-7(11-8(12)13)10-6-4-2-1-3-5-6/h1-5H,(H4,9,10,11,12,13). The molecule has 0 heterocycles. The van der Waals surface area contributed by atoms with E-state index in [1.165, 1.54) is 0 Å². The van der Waals surface area contributed by atoms with Crippen LogP contribution in [-0.2, 0) is 0 Å². The Hall–Kier alpha value is -1.07. The Morgan fingerprint density at radius 2 is 1.92 bits per heavy atom. The number of thiocarbonyl (C=S) groups is 1. The molecule has 0 aliphatic rings. The van der Waals surface area contributed by atoms with Crippen molar-refractivity contribution in [2.75, 3.05) is 5.32 Å². The number of guanidine groups is 1. The highest BCUT2D eigenvalue weighted by Gasteiger charge is 1.96. The van der Waals surface area contributed by atoms with Crippen LogP contribution in [0.2, 0.25) is 0 Å². The minimum Gasteiger partial charge on any atom is -0.326 e. The van der Waals surface area contributed by atoms with Crippen LogP contribution in [0.4, 0.5) is 5.69 Å². The third-order valence-electron chi connectivity index (χ3n) is 1.28. The molecule has 0 aliphatic carbocycles. The average Bonchev–Trinajstić information content (AvgIpc) is 2.04. The molecule has 1 aromatic carbocycles. The summed E-state index contributed by atoms with van der Waals surface area (Å²) in [6.07, 6.45) is 0. The highest BCUT2D eigenvalue weighted by Crippen LogP contribution is 2.03. The van der Waals surface area contributed by atoms with Crippen molar-refractivity contribution >= 4 is 40.8 Å². The van der Waals surface area contributed by atoms with Gasteiger partial charge in [0.15, 0.2) is 5.96 Å². The maximum Gasteiger partial charge on any atom is 0.198 e. The monoisotopic (exact) mass is 211 g/mol. The molecule has 0 atom stereocenters. The van der Waals surface area contributed by atoms with Crippen molar-refractivity contribution in [1.29, 1.82) is 5.41 Å². The molecule has 0 fully saturated rings. The van der Waals surface area contributed by atoms with Gasteiger partial charge in [-0.05, 0) is 12.1 Å². The molecule has 0 saturated carbocycles. The van der Waals surface area contributed by atoms with Gasteiger partial charge in [-0.25, -0.2) is 0 Å². The Labute approximate surface area is 87.5 Å². The summed E-state index contributed by atoms with van der Waals surface area (Å²) in [5, 5.41) is 12.8. The zero-order chi connectivity index (χ0) is 9.68. The second-order valence-corrected chi connectivity index (χ2v) is 3.45. The van der Waals surface area contributed by atoms with Crippen molar-refractivity contribution in [3.8, 4) is 0 Å². The number of anilines is 1. The van der Waals surface area contributed by atoms with E-state index in [4.69, 9.17) is 5.41 Å². The Morgan fingerprint density at radius 1 is 1.31 bits per heavy atom. The summed E-state index contributed by atoms with van der Waals surface area (Å²) in [5.74, 6) is 0.117. The number of hydrogen-bond donors (Lipinski definition) is 4. The van der Waals surface area contributed by atoms with Crippen molar-refractivity contribution in [3.63, 3.8) is 0 Å². The average molecular weight is 211 g/mol. The van der Waals surface area contributed by atoms with Crippen molar-refractivity contribution in [2.24, 2.45) is 0 Å². The lowest BCUT2D eigenvalue weighted by molar-refractivity contribution is 1.31. The van der Waals surface area contributed by atoms with Crippen LogP contribution in [0.15, 0.2) is 30.3 Å². The predicted octanol–water partition coefficient (Wildman–Crippen LogP) is 1.84. The van der Waals surface area contributed by atoms with E-state index in [2.05, 4.69) is 35.5 Å². The first-order valence-corrected chi connectivity index (χ1v) is 4.44. The minimum absolute atomic E-state index is 0.117.